The topological polar surface area (TPSA) is 0 Å². The number of hydrogen-bond acceptors (Lipinski definition) is 0. The van der Waals surface area contributed by atoms with E-state index < -0.39 is 0 Å². The first-order valence-corrected chi connectivity index (χ1v) is 10.9. The molecule has 5 rings (SSSR count). The minimum Gasteiger partial charge on any atom is -0.0801 e. The maximum Gasteiger partial charge on any atom is 0.0713 e. The molecule has 0 unspecified atom stereocenters. The molecule has 0 radical (unpaired) electrons. The predicted octanol–water partition coefficient (Wildman–Crippen LogP) is 7.84. The second kappa shape index (κ2) is 6.99. The fraction of sp³-hybridized carbons (Fsp3) is 0.200. The molecule has 0 saturated carbocycles. The molecular weight excluding hydrogens is 360 g/mol. The van der Waals surface area contributed by atoms with E-state index in [0.717, 1.165) is 6.42 Å². The maximum atomic E-state index is 2.42. The summed E-state index contributed by atoms with van der Waals surface area (Å²) in [6.07, 6.45) is 8.14. The summed E-state index contributed by atoms with van der Waals surface area (Å²) < 4.78 is 0. The lowest BCUT2D eigenvalue weighted by atomic mass is 9.66. The van der Waals surface area contributed by atoms with Crippen LogP contribution < -0.4 is 0 Å². The zero-order chi connectivity index (χ0) is 20.9. The van der Waals surface area contributed by atoms with Crippen LogP contribution in [0.2, 0.25) is 0 Å². The molecule has 0 atom stereocenters. The summed E-state index contributed by atoms with van der Waals surface area (Å²) in [6.45, 7) is 8.93. The van der Waals surface area contributed by atoms with Crippen LogP contribution in [-0.4, -0.2) is 0 Å². The van der Waals surface area contributed by atoms with Crippen molar-refractivity contribution in [2.75, 3.05) is 0 Å². The molecule has 2 aliphatic carbocycles. The Morgan fingerprint density at radius 1 is 0.700 bits per heavy atom. The van der Waals surface area contributed by atoms with Crippen LogP contribution in [0.4, 0.5) is 0 Å². The van der Waals surface area contributed by atoms with E-state index in [0.29, 0.717) is 0 Å². The van der Waals surface area contributed by atoms with Crippen molar-refractivity contribution in [3.8, 4) is 11.1 Å². The first-order chi connectivity index (χ1) is 14.5. The summed E-state index contributed by atoms with van der Waals surface area (Å²) in [5.41, 5.74) is 13.4. The van der Waals surface area contributed by atoms with Crippen LogP contribution in [0.5, 0.6) is 0 Å². The molecule has 0 fully saturated rings. The van der Waals surface area contributed by atoms with E-state index in [1.165, 1.54) is 55.7 Å². The van der Waals surface area contributed by atoms with Crippen LogP contribution >= 0.6 is 0 Å². The molecule has 3 aromatic rings. The molecule has 0 bridgehead atoms. The Labute approximate surface area is 180 Å². The van der Waals surface area contributed by atoms with Gasteiger partial charge >= 0.3 is 0 Å². The van der Waals surface area contributed by atoms with E-state index >= 15 is 0 Å². The van der Waals surface area contributed by atoms with Crippen LogP contribution in [0, 0.1) is 13.8 Å². The van der Waals surface area contributed by atoms with Gasteiger partial charge in [0, 0.05) is 0 Å². The average molecular weight is 389 g/mol. The Kier molecular flexibility index (Phi) is 4.40. The highest BCUT2D eigenvalue weighted by molar-refractivity contribution is 5.86. The van der Waals surface area contributed by atoms with E-state index in [-0.39, 0.29) is 5.41 Å². The summed E-state index contributed by atoms with van der Waals surface area (Å²) in [4.78, 5) is 0. The van der Waals surface area contributed by atoms with Gasteiger partial charge in [0.25, 0.3) is 0 Å². The van der Waals surface area contributed by atoms with Crippen LogP contribution in [-0.2, 0) is 5.41 Å². The van der Waals surface area contributed by atoms with Gasteiger partial charge in [-0.05, 0) is 78.6 Å². The Bertz CT molecular complexity index is 1200. The van der Waals surface area contributed by atoms with Crippen molar-refractivity contribution < 1.29 is 0 Å². The van der Waals surface area contributed by atoms with Crippen LogP contribution in [0.15, 0.2) is 102 Å². The number of aryl methyl sites for hydroxylation is 2. The molecule has 0 N–H and O–H groups in total. The van der Waals surface area contributed by atoms with Crippen molar-refractivity contribution in [1.29, 1.82) is 0 Å². The smallest absolute Gasteiger partial charge is 0.0713 e. The lowest BCUT2D eigenvalue weighted by molar-refractivity contribution is 0.764. The molecule has 2 aliphatic rings. The van der Waals surface area contributed by atoms with E-state index in [1.54, 1.807) is 0 Å². The monoisotopic (exact) mass is 388 g/mol. The average Bonchev–Trinajstić information content (AvgIpc) is 2.95. The molecule has 3 aromatic carbocycles. The minimum absolute atomic E-state index is 0.298. The largest absolute Gasteiger partial charge is 0.0801 e. The second-order valence-electron chi connectivity index (χ2n) is 8.81. The van der Waals surface area contributed by atoms with Gasteiger partial charge in [-0.25, -0.2) is 0 Å². The van der Waals surface area contributed by atoms with E-state index in [9.17, 15) is 0 Å². The molecule has 0 aromatic heterocycles. The summed E-state index contributed by atoms with van der Waals surface area (Å²) in [5.74, 6) is 0. The van der Waals surface area contributed by atoms with Gasteiger partial charge in [-0.15, -0.1) is 0 Å². The van der Waals surface area contributed by atoms with Crippen molar-refractivity contribution in [2.24, 2.45) is 0 Å². The third-order valence-corrected chi connectivity index (χ3v) is 7.09. The van der Waals surface area contributed by atoms with Crippen LogP contribution in [0.1, 0.15) is 48.1 Å². The van der Waals surface area contributed by atoms with Crippen molar-refractivity contribution in [3.05, 3.63) is 129 Å². The molecular formula is C30H28. The van der Waals surface area contributed by atoms with Gasteiger partial charge in [0.15, 0.2) is 0 Å². The molecule has 148 valence electrons. The van der Waals surface area contributed by atoms with E-state index in [1.807, 2.05) is 0 Å². The van der Waals surface area contributed by atoms with E-state index in [4.69, 9.17) is 0 Å². The summed E-state index contributed by atoms with van der Waals surface area (Å²) in [7, 11) is 0. The quantitative estimate of drug-likeness (QED) is 0.419. The zero-order valence-electron chi connectivity index (χ0n) is 18.3. The highest BCUT2D eigenvalue weighted by Crippen LogP contribution is 2.57. The number of rotatable bonds is 2. The Balaban J connectivity index is 1.95. The van der Waals surface area contributed by atoms with Gasteiger partial charge in [0.05, 0.1) is 5.41 Å². The lowest BCUT2D eigenvalue weighted by Crippen LogP contribution is -2.29. The summed E-state index contributed by atoms with van der Waals surface area (Å²) in [6, 6.07) is 25.0. The van der Waals surface area contributed by atoms with E-state index in [2.05, 4.69) is 113 Å². The molecule has 30 heavy (non-hydrogen) atoms. The van der Waals surface area contributed by atoms with Gasteiger partial charge in [-0.3, -0.25) is 0 Å². The van der Waals surface area contributed by atoms with Crippen molar-refractivity contribution >= 4 is 0 Å². The van der Waals surface area contributed by atoms with Gasteiger partial charge in [0.2, 0.25) is 0 Å². The van der Waals surface area contributed by atoms with Crippen LogP contribution in [0.25, 0.3) is 11.1 Å². The molecule has 0 amide bonds. The number of fused-ring (bicyclic) bond motifs is 3. The van der Waals surface area contributed by atoms with Crippen molar-refractivity contribution in [1.82, 2.24) is 0 Å². The van der Waals surface area contributed by atoms with Gasteiger partial charge in [-0.1, -0.05) is 96.1 Å². The molecule has 0 heterocycles. The number of benzene rings is 3. The predicted molar refractivity (Wildman–Crippen MR) is 128 cm³/mol. The van der Waals surface area contributed by atoms with Gasteiger partial charge in [-0.2, -0.15) is 0 Å². The SMILES string of the molecule is CC1=C(C)CC=CC(C2(c3ccc(C)c(C)c3)c3ccccc3-c3ccccc32)=C1. The number of allylic oxidation sites excluding steroid dienone is 6. The van der Waals surface area contributed by atoms with Crippen molar-refractivity contribution in [2.45, 2.75) is 39.5 Å². The first-order valence-electron chi connectivity index (χ1n) is 10.9. The second-order valence-corrected chi connectivity index (χ2v) is 8.81. The maximum absolute atomic E-state index is 2.42. The summed E-state index contributed by atoms with van der Waals surface area (Å²) in [5, 5.41) is 0. The minimum atomic E-state index is -0.298. The third kappa shape index (κ3) is 2.60. The standard InChI is InChI=1S/C30H28/c1-20-10-9-11-24(18-22(20)3)30(25-17-16-21(2)23(4)19-25)28-14-7-5-12-26(28)27-13-6-8-15-29(27)30/h5-9,11-19H,10H2,1-4H3. The van der Waals surface area contributed by atoms with Gasteiger partial charge in [0.1, 0.15) is 0 Å². The van der Waals surface area contributed by atoms with Crippen LogP contribution in [0.3, 0.4) is 0 Å². The molecule has 0 saturated heterocycles. The van der Waals surface area contributed by atoms with Crippen molar-refractivity contribution in [3.63, 3.8) is 0 Å². The Hall–Kier alpha value is -3.12. The zero-order valence-corrected chi connectivity index (χ0v) is 18.3. The Morgan fingerprint density at radius 2 is 1.33 bits per heavy atom. The molecule has 0 aliphatic heterocycles. The number of hydrogen-bond donors (Lipinski definition) is 0. The molecule has 0 heteroatoms. The van der Waals surface area contributed by atoms with Gasteiger partial charge < -0.3 is 0 Å². The normalized spacial score (nSPS) is 16.7. The lowest BCUT2D eigenvalue weighted by Gasteiger charge is -2.35. The molecule has 0 nitrogen and oxygen atoms in total. The Morgan fingerprint density at radius 3 is 1.97 bits per heavy atom. The molecule has 0 spiro atoms. The third-order valence-electron chi connectivity index (χ3n) is 7.09. The highest BCUT2D eigenvalue weighted by Gasteiger charge is 2.46. The fourth-order valence-electron chi connectivity index (χ4n) is 5.16. The highest BCUT2D eigenvalue weighted by atomic mass is 14.5. The first kappa shape index (κ1) is 18.9. The fourth-order valence-corrected chi connectivity index (χ4v) is 5.16. The summed E-state index contributed by atoms with van der Waals surface area (Å²) >= 11 is 0.